The number of nitrogens with one attached hydrogen (secondary N) is 1. The molecule has 1 atom stereocenters. The van der Waals surface area contributed by atoms with Crippen molar-refractivity contribution in [1.82, 2.24) is 10.3 Å². The van der Waals surface area contributed by atoms with E-state index in [0.717, 1.165) is 6.07 Å². The molecule has 0 aliphatic carbocycles. The maximum absolute atomic E-state index is 12.6. The van der Waals surface area contributed by atoms with Gasteiger partial charge in [-0.1, -0.05) is 18.2 Å². The monoisotopic (exact) mass is 437 g/mol. The number of pyridine rings is 1. The molecule has 0 spiro atoms. The number of benzene rings is 2. The lowest BCUT2D eigenvalue weighted by atomic mass is 10.1. The molecule has 9 heteroatoms. The number of aromatic nitrogens is 1. The number of nitrogens with zero attached hydrogens (tertiary/aromatic N) is 1. The van der Waals surface area contributed by atoms with Crippen LogP contribution in [0.25, 0.3) is 10.9 Å². The van der Waals surface area contributed by atoms with Crippen LogP contribution in [0.15, 0.2) is 48.6 Å². The molecule has 0 radical (unpaired) electrons. The van der Waals surface area contributed by atoms with Crippen molar-refractivity contribution in [3.8, 4) is 17.2 Å². The number of nitrogens with two attached hydrogens (primary N) is 1. The maximum atomic E-state index is 12.6. The number of nitrogen functional groups attached to an aromatic ring is 1. The molecule has 6 N–H and O–H groups in total. The van der Waals surface area contributed by atoms with Crippen molar-refractivity contribution < 1.29 is 29.6 Å². The minimum Gasteiger partial charge on any atom is -0.508 e. The van der Waals surface area contributed by atoms with Gasteiger partial charge in [-0.15, -0.1) is 0 Å². The van der Waals surface area contributed by atoms with Gasteiger partial charge in [-0.3, -0.25) is 9.78 Å². The summed E-state index contributed by atoms with van der Waals surface area (Å²) < 4.78 is 5.90. The number of hydrogen-bond donors (Lipinski definition) is 5. The van der Waals surface area contributed by atoms with Crippen LogP contribution >= 0.6 is 0 Å². The smallest absolute Gasteiger partial charge is 0.339 e. The van der Waals surface area contributed by atoms with Gasteiger partial charge in [0.2, 0.25) is 0 Å². The third-order valence-electron chi connectivity index (χ3n) is 4.88. The first-order valence-electron chi connectivity index (χ1n) is 9.62. The summed E-state index contributed by atoms with van der Waals surface area (Å²) in [6.45, 7) is 7.12. The third-order valence-corrected chi connectivity index (χ3v) is 4.88. The molecule has 3 aromatic rings. The van der Waals surface area contributed by atoms with Crippen LogP contribution < -0.4 is 15.8 Å². The van der Waals surface area contributed by atoms with E-state index in [4.69, 9.17) is 10.5 Å². The zero-order chi connectivity index (χ0) is 23.6. The zero-order valence-electron chi connectivity index (χ0n) is 17.5. The quantitative estimate of drug-likeness (QED) is 0.353. The maximum Gasteiger partial charge on any atom is 0.339 e. The van der Waals surface area contributed by atoms with Gasteiger partial charge in [-0.2, -0.15) is 0 Å². The lowest BCUT2D eigenvalue weighted by Crippen LogP contribution is -2.39. The summed E-state index contributed by atoms with van der Waals surface area (Å²) >= 11 is 0. The Balaban J connectivity index is 1.87. The summed E-state index contributed by atoms with van der Waals surface area (Å²) in [7, 11) is 0. The van der Waals surface area contributed by atoms with Crippen molar-refractivity contribution in [2.24, 2.45) is 0 Å². The fourth-order valence-electron chi connectivity index (χ4n) is 3.28. The van der Waals surface area contributed by atoms with Gasteiger partial charge in [-0.05, 0) is 38.1 Å². The highest BCUT2D eigenvalue weighted by atomic mass is 16.5. The second-order valence-corrected chi connectivity index (χ2v) is 7.36. The summed E-state index contributed by atoms with van der Waals surface area (Å²) in [5.74, 6) is -1.92. The van der Waals surface area contributed by atoms with Crippen molar-refractivity contribution in [2.45, 2.75) is 19.9 Å². The number of hydrogen-bond acceptors (Lipinski definition) is 7. The van der Waals surface area contributed by atoms with E-state index in [9.17, 15) is 24.9 Å². The molecule has 0 saturated carbocycles. The van der Waals surface area contributed by atoms with E-state index in [1.165, 1.54) is 12.1 Å². The van der Waals surface area contributed by atoms with Crippen LogP contribution in [0.4, 0.5) is 5.69 Å². The number of aromatic carboxylic acids is 1. The molecule has 1 amide bonds. The molecule has 0 saturated heterocycles. The first kappa shape index (κ1) is 22.4. The number of fused-ring (bicyclic) bond motifs is 1. The standard InChI is InChI=1S/C23H23N3O6/c1-11(2)17(26-22(29)13-7-14(27)9-15(28)8-13)10-32-18-6-4-5-16-20(18)21(24)19(23(30)31)12(3)25-16/h4-9,17,27-28H,1,10H2,2-3H3,(H2,24,25)(H,26,29)(H,30,31). The average Bonchev–Trinajstić information content (AvgIpc) is 2.69. The number of carboxylic acids is 1. The number of ether oxygens (including phenoxy) is 1. The fourth-order valence-corrected chi connectivity index (χ4v) is 3.28. The van der Waals surface area contributed by atoms with Crippen molar-refractivity contribution in [3.05, 3.63) is 65.4 Å². The molecular weight excluding hydrogens is 414 g/mol. The van der Waals surface area contributed by atoms with Crippen LogP contribution in [0.1, 0.15) is 33.3 Å². The Morgan fingerprint density at radius 2 is 1.88 bits per heavy atom. The van der Waals surface area contributed by atoms with E-state index in [0.29, 0.717) is 27.9 Å². The van der Waals surface area contributed by atoms with Crippen LogP contribution in [-0.2, 0) is 0 Å². The number of aryl methyl sites for hydroxylation is 1. The SMILES string of the molecule is C=C(C)C(COc1cccc2nc(C)c(C(=O)O)c(N)c12)NC(=O)c1cc(O)cc(O)c1. The second kappa shape index (κ2) is 8.84. The molecular formula is C23H23N3O6. The molecule has 0 aliphatic rings. The predicted molar refractivity (Wildman–Crippen MR) is 119 cm³/mol. The van der Waals surface area contributed by atoms with Crippen LogP contribution in [0, 0.1) is 6.92 Å². The Labute approximate surface area is 183 Å². The second-order valence-electron chi connectivity index (χ2n) is 7.36. The van der Waals surface area contributed by atoms with Crippen molar-refractivity contribution >= 4 is 28.5 Å². The molecule has 1 unspecified atom stereocenters. The Bertz CT molecular complexity index is 1220. The summed E-state index contributed by atoms with van der Waals surface area (Å²) in [6.07, 6.45) is 0. The number of rotatable bonds is 7. The number of carbonyl (C=O) groups excluding carboxylic acids is 1. The van der Waals surface area contributed by atoms with Gasteiger partial charge in [0.05, 0.1) is 28.3 Å². The average molecular weight is 437 g/mol. The van der Waals surface area contributed by atoms with E-state index >= 15 is 0 Å². The lowest BCUT2D eigenvalue weighted by molar-refractivity contribution is 0.0696. The topological polar surface area (TPSA) is 155 Å². The minimum atomic E-state index is -1.19. The highest BCUT2D eigenvalue weighted by Gasteiger charge is 2.21. The Kier molecular flexibility index (Phi) is 6.20. The number of amides is 1. The van der Waals surface area contributed by atoms with Gasteiger partial charge >= 0.3 is 5.97 Å². The summed E-state index contributed by atoms with van der Waals surface area (Å²) in [6, 6.07) is 7.96. The molecule has 166 valence electrons. The van der Waals surface area contributed by atoms with Crippen LogP contribution in [0.2, 0.25) is 0 Å². The normalized spacial score (nSPS) is 11.7. The van der Waals surface area contributed by atoms with E-state index < -0.39 is 17.9 Å². The van der Waals surface area contributed by atoms with Gasteiger partial charge < -0.3 is 31.1 Å². The molecule has 1 heterocycles. The van der Waals surface area contributed by atoms with Crippen molar-refractivity contribution in [2.75, 3.05) is 12.3 Å². The summed E-state index contributed by atoms with van der Waals surface area (Å²) in [4.78, 5) is 28.5. The summed E-state index contributed by atoms with van der Waals surface area (Å²) in [5, 5.41) is 31.8. The van der Waals surface area contributed by atoms with E-state index in [1.54, 1.807) is 32.0 Å². The first-order valence-corrected chi connectivity index (χ1v) is 9.62. The van der Waals surface area contributed by atoms with E-state index in [2.05, 4.69) is 16.9 Å². The van der Waals surface area contributed by atoms with E-state index in [1.807, 2.05) is 0 Å². The number of phenolic OH excluding ortho intramolecular Hbond substituents is 2. The van der Waals surface area contributed by atoms with Crippen LogP contribution in [-0.4, -0.2) is 44.8 Å². The Morgan fingerprint density at radius 3 is 2.47 bits per heavy atom. The van der Waals surface area contributed by atoms with Gasteiger partial charge in [0.25, 0.3) is 5.91 Å². The molecule has 0 aliphatic heterocycles. The molecule has 0 fully saturated rings. The van der Waals surface area contributed by atoms with Crippen LogP contribution in [0.3, 0.4) is 0 Å². The van der Waals surface area contributed by atoms with Gasteiger partial charge in [-0.25, -0.2) is 4.79 Å². The Hall–Kier alpha value is -4.27. The van der Waals surface area contributed by atoms with Crippen molar-refractivity contribution in [1.29, 1.82) is 0 Å². The number of carbonyl (C=O) groups is 2. The van der Waals surface area contributed by atoms with Gasteiger partial charge in [0, 0.05) is 11.6 Å². The largest absolute Gasteiger partial charge is 0.508 e. The lowest BCUT2D eigenvalue weighted by Gasteiger charge is -2.21. The third kappa shape index (κ3) is 4.56. The number of carboxylic acid groups (broad SMARTS) is 1. The molecule has 2 aromatic carbocycles. The predicted octanol–water partition coefficient (Wildman–Crippen LogP) is 2.99. The first-order chi connectivity index (χ1) is 15.1. The number of phenols is 2. The number of anilines is 1. The minimum absolute atomic E-state index is 0.0271. The van der Waals surface area contributed by atoms with Crippen LogP contribution in [0.5, 0.6) is 17.2 Å². The van der Waals surface area contributed by atoms with Gasteiger partial charge in [0.15, 0.2) is 0 Å². The van der Waals surface area contributed by atoms with E-state index in [-0.39, 0.29) is 34.9 Å². The highest BCUT2D eigenvalue weighted by Crippen LogP contribution is 2.33. The van der Waals surface area contributed by atoms with Crippen molar-refractivity contribution in [3.63, 3.8) is 0 Å². The van der Waals surface area contributed by atoms with Gasteiger partial charge in [0.1, 0.15) is 29.4 Å². The number of aromatic hydroxyl groups is 2. The molecule has 0 bridgehead atoms. The highest BCUT2D eigenvalue weighted by molar-refractivity contribution is 6.06. The molecule has 9 nitrogen and oxygen atoms in total. The molecule has 32 heavy (non-hydrogen) atoms. The summed E-state index contributed by atoms with van der Waals surface area (Å²) in [5.41, 5.74) is 7.52. The zero-order valence-corrected chi connectivity index (χ0v) is 17.5. The Morgan fingerprint density at radius 1 is 1.22 bits per heavy atom. The molecule has 1 aromatic heterocycles. The molecule has 3 rings (SSSR count). The fraction of sp³-hybridized carbons (Fsp3) is 0.174.